The van der Waals surface area contributed by atoms with E-state index < -0.39 is 24.3 Å². The van der Waals surface area contributed by atoms with Crippen LogP contribution in [0.1, 0.15) is 11.1 Å². The molecule has 4 nitrogen and oxygen atoms in total. The number of carbonyl (C=O) groups is 2. The van der Waals surface area contributed by atoms with E-state index in [1.165, 1.54) is 18.2 Å². The Balaban J connectivity index is 1.89. The number of rotatable bonds is 5. The van der Waals surface area contributed by atoms with Crippen molar-refractivity contribution in [2.75, 3.05) is 11.9 Å². The lowest BCUT2D eigenvalue weighted by molar-refractivity contribution is -0.146. The van der Waals surface area contributed by atoms with Crippen LogP contribution >= 0.6 is 23.2 Å². The van der Waals surface area contributed by atoms with Gasteiger partial charge in [0.05, 0.1) is 6.42 Å². The number of amides is 1. The fourth-order valence-corrected chi connectivity index (χ4v) is 2.36. The number of halogens is 3. The summed E-state index contributed by atoms with van der Waals surface area (Å²) in [6, 6.07) is 9.16. The smallest absolute Gasteiger partial charge is 0.310 e. The molecule has 2 rings (SSSR count). The second-order valence-electron chi connectivity index (χ2n) is 5.05. The lowest BCUT2D eigenvalue weighted by Crippen LogP contribution is -2.22. The minimum Gasteiger partial charge on any atom is -0.455 e. The summed E-state index contributed by atoms with van der Waals surface area (Å²) >= 11 is 11.7. The highest BCUT2D eigenvalue weighted by atomic mass is 35.5. The van der Waals surface area contributed by atoms with Gasteiger partial charge in [-0.15, -0.1) is 0 Å². The molecule has 0 heterocycles. The van der Waals surface area contributed by atoms with Gasteiger partial charge in [0.15, 0.2) is 6.61 Å². The van der Waals surface area contributed by atoms with Crippen molar-refractivity contribution in [1.82, 2.24) is 0 Å². The Labute approximate surface area is 148 Å². The van der Waals surface area contributed by atoms with E-state index in [1.54, 1.807) is 25.1 Å². The predicted octanol–water partition coefficient (Wildman–Crippen LogP) is 4.17. The third-order valence-corrected chi connectivity index (χ3v) is 3.81. The van der Waals surface area contributed by atoms with Gasteiger partial charge in [-0.05, 0) is 36.8 Å². The molecule has 2 aromatic rings. The summed E-state index contributed by atoms with van der Waals surface area (Å²) in [5, 5.41) is 3.20. The van der Waals surface area contributed by atoms with E-state index in [2.05, 4.69) is 5.32 Å². The summed E-state index contributed by atoms with van der Waals surface area (Å²) in [6.07, 6.45) is -0.352. The lowest BCUT2D eigenvalue weighted by Gasteiger charge is -2.10. The van der Waals surface area contributed by atoms with Crippen LogP contribution in [-0.2, 0) is 20.7 Å². The lowest BCUT2D eigenvalue weighted by atomic mass is 10.1. The highest BCUT2D eigenvalue weighted by Gasteiger charge is 2.14. The molecular formula is C17H14Cl2FNO3. The van der Waals surface area contributed by atoms with Crippen LogP contribution in [0.25, 0.3) is 0 Å². The van der Waals surface area contributed by atoms with Crippen LogP contribution in [0.3, 0.4) is 0 Å². The van der Waals surface area contributed by atoms with E-state index in [1.807, 2.05) is 0 Å². The molecule has 126 valence electrons. The summed E-state index contributed by atoms with van der Waals surface area (Å²) in [7, 11) is 0. The second-order valence-corrected chi connectivity index (χ2v) is 5.89. The van der Waals surface area contributed by atoms with Gasteiger partial charge in [-0.25, -0.2) is 4.39 Å². The standard InChI is InChI=1S/C17H14Cl2FNO3/c1-10-5-6-11(18)7-15(10)21-16(22)9-24-17(23)8-12-13(19)3-2-4-14(12)20/h2-7H,8-9H2,1H3,(H,21,22). The van der Waals surface area contributed by atoms with Gasteiger partial charge >= 0.3 is 5.97 Å². The monoisotopic (exact) mass is 369 g/mol. The first-order valence-electron chi connectivity index (χ1n) is 7.01. The molecular weight excluding hydrogens is 356 g/mol. The molecule has 7 heteroatoms. The largest absolute Gasteiger partial charge is 0.455 e. The summed E-state index contributed by atoms with van der Waals surface area (Å²) in [4.78, 5) is 23.6. The van der Waals surface area contributed by atoms with Crippen LogP contribution in [0.4, 0.5) is 10.1 Å². The van der Waals surface area contributed by atoms with E-state index in [9.17, 15) is 14.0 Å². The van der Waals surface area contributed by atoms with Crippen molar-refractivity contribution >= 4 is 40.8 Å². The van der Waals surface area contributed by atoms with Crippen molar-refractivity contribution in [3.05, 3.63) is 63.4 Å². The maximum atomic E-state index is 13.6. The van der Waals surface area contributed by atoms with E-state index in [0.717, 1.165) is 5.56 Å². The first kappa shape index (κ1) is 18.2. The van der Waals surface area contributed by atoms with Gasteiger partial charge in [-0.2, -0.15) is 0 Å². The SMILES string of the molecule is Cc1ccc(Cl)cc1NC(=O)COC(=O)Cc1c(F)cccc1Cl. The molecule has 0 aromatic heterocycles. The molecule has 0 fully saturated rings. The fraction of sp³-hybridized carbons (Fsp3) is 0.176. The molecule has 0 aliphatic heterocycles. The number of nitrogens with one attached hydrogen (secondary N) is 1. The van der Waals surface area contributed by atoms with Crippen molar-refractivity contribution in [2.45, 2.75) is 13.3 Å². The van der Waals surface area contributed by atoms with E-state index in [-0.39, 0.29) is 17.0 Å². The molecule has 1 amide bonds. The van der Waals surface area contributed by atoms with Gasteiger partial charge in [0, 0.05) is 21.3 Å². The fourth-order valence-electron chi connectivity index (χ4n) is 1.96. The minimum atomic E-state index is -0.750. The van der Waals surface area contributed by atoms with Gasteiger partial charge in [-0.3, -0.25) is 9.59 Å². The Morgan fingerprint density at radius 3 is 2.67 bits per heavy atom. The summed E-state index contributed by atoms with van der Waals surface area (Å²) < 4.78 is 18.4. The number of ether oxygens (including phenoxy) is 1. The third kappa shape index (κ3) is 4.94. The molecule has 0 bridgehead atoms. The number of esters is 1. The zero-order valence-electron chi connectivity index (χ0n) is 12.7. The highest BCUT2D eigenvalue weighted by Crippen LogP contribution is 2.21. The van der Waals surface area contributed by atoms with Crippen molar-refractivity contribution in [3.63, 3.8) is 0 Å². The van der Waals surface area contributed by atoms with Crippen LogP contribution in [-0.4, -0.2) is 18.5 Å². The molecule has 24 heavy (non-hydrogen) atoms. The average molecular weight is 370 g/mol. The molecule has 1 N–H and O–H groups in total. The number of anilines is 1. The zero-order valence-corrected chi connectivity index (χ0v) is 14.2. The number of carbonyl (C=O) groups excluding carboxylic acids is 2. The number of hydrogen-bond donors (Lipinski definition) is 1. The summed E-state index contributed by atoms with van der Waals surface area (Å²) in [6.45, 7) is 1.31. The first-order valence-corrected chi connectivity index (χ1v) is 7.77. The topological polar surface area (TPSA) is 55.4 Å². The number of benzene rings is 2. The molecule has 0 spiro atoms. The van der Waals surface area contributed by atoms with Gasteiger partial charge in [0.1, 0.15) is 5.82 Å². The van der Waals surface area contributed by atoms with Crippen molar-refractivity contribution in [1.29, 1.82) is 0 Å². The Morgan fingerprint density at radius 1 is 1.21 bits per heavy atom. The molecule has 0 unspecified atom stereocenters. The van der Waals surface area contributed by atoms with Crippen molar-refractivity contribution in [3.8, 4) is 0 Å². The summed E-state index contributed by atoms with van der Waals surface area (Å²) in [5.41, 5.74) is 1.38. The van der Waals surface area contributed by atoms with Gasteiger partial charge in [-0.1, -0.05) is 35.3 Å². The molecule has 0 aliphatic rings. The maximum Gasteiger partial charge on any atom is 0.310 e. The van der Waals surface area contributed by atoms with Gasteiger partial charge in [0.2, 0.25) is 0 Å². The summed E-state index contributed by atoms with van der Waals surface area (Å²) in [5.74, 6) is -1.87. The van der Waals surface area contributed by atoms with Gasteiger partial charge < -0.3 is 10.1 Å². The van der Waals surface area contributed by atoms with Gasteiger partial charge in [0.25, 0.3) is 5.91 Å². The molecule has 2 aromatic carbocycles. The van der Waals surface area contributed by atoms with Crippen LogP contribution in [0.2, 0.25) is 10.0 Å². The van der Waals surface area contributed by atoms with Crippen LogP contribution in [0, 0.1) is 12.7 Å². The molecule has 0 aliphatic carbocycles. The second kappa shape index (κ2) is 8.13. The Bertz CT molecular complexity index is 760. The maximum absolute atomic E-state index is 13.6. The quantitative estimate of drug-likeness (QED) is 0.804. The normalized spacial score (nSPS) is 10.3. The third-order valence-electron chi connectivity index (χ3n) is 3.22. The van der Waals surface area contributed by atoms with E-state index in [0.29, 0.717) is 10.7 Å². The van der Waals surface area contributed by atoms with Crippen molar-refractivity contribution < 1.29 is 18.7 Å². The molecule has 0 saturated heterocycles. The molecule has 0 radical (unpaired) electrons. The van der Waals surface area contributed by atoms with Crippen LogP contribution < -0.4 is 5.32 Å². The Morgan fingerprint density at radius 2 is 1.96 bits per heavy atom. The average Bonchev–Trinajstić information content (AvgIpc) is 2.53. The Hall–Kier alpha value is -2.11. The van der Waals surface area contributed by atoms with E-state index >= 15 is 0 Å². The van der Waals surface area contributed by atoms with Crippen LogP contribution in [0.5, 0.6) is 0 Å². The minimum absolute atomic E-state index is 0.0373. The zero-order chi connectivity index (χ0) is 17.7. The number of aryl methyl sites for hydroxylation is 1. The highest BCUT2D eigenvalue weighted by molar-refractivity contribution is 6.31. The van der Waals surface area contributed by atoms with E-state index in [4.69, 9.17) is 27.9 Å². The first-order chi connectivity index (χ1) is 11.4. The Kier molecular flexibility index (Phi) is 6.17. The van der Waals surface area contributed by atoms with Crippen molar-refractivity contribution in [2.24, 2.45) is 0 Å². The predicted molar refractivity (Wildman–Crippen MR) is 90.9 cm³/mol. The van der Waals surface area contributed by atoms with Crippen LogP contribution in [0.15, 0.2) is 36.4 Å². The number of hydrogen-bond acceptors (Lipinski definition) is 3. The molecule has 0 atom stereocenters. The molecule has 0 saturated carbocycles.